The number of hydrogen-bond donors (Lipinski definition) is 0. The number of benzene rings is 2. The minimum Gasteiger partial charge on any atom is -0.457 e. The Labute approximate surface area is 105 Å². The van der Waals surface area contributed by atoms with E-state index in [4.69, 9.17) is 27.9 Å². The summed E-state index contributed by atoms with van der Waals surface area (Å²) in [5.74, 6) is 1.56. The molecule has 2 aromatic rings. The van der Waals surface area contributed by atoms with Crippen molar-refractivity contribution in [3.8, 4) is 11.5 Å². The maximum atomic E-state index is 5.87. The molecule has 0 radical (unpaired) electrons. The number of hydrogen-bond acceptors (Lipinski definition) is 1. The highest BCUT2D eigenvalue weighted by molar-refractivity contribution is 6.30. The van der Waals surface area contributed by atoms with E-state index in [1.54, 1.807) is 18.2 Å². The van der Waals surface area contributed by atoms with Gasteiger partial charge in [-0.2, -0.15) is 0 Å². The Hall–Kier alpha value is -1.18. The molecular weight excluding hydrogens is 243 g/mol. The lowest BCUT2D eigenvalue weighted by atomic mass is 10.2. The maximum Gasteiger partial charge on any atom is 0.130 e. The van der Waals surface area contributed by atoms with Crippen LogP contribution in [0.15, 0.2) is 42.5 Å². The monoisotopic (exact) mass is 252 g/mol. The second-order valence-corrected chi connectivity index (χ2v) is 4.34. The van der Waals surface area contributed by atoms with Crippen molar-refractivity contribution >= 4 is 23.2 Å². The zero-order chi connectivity index (χ0) is 11.5. The van der Waals surface area contributed by atoms with Gasteiger partial charge in [0.05, 0.1) is 0 Å². The maximum absolute atomic E-state index is 5.87. The molecule has 16 heavy (non-hydrogen) atoms. The first-order chi connectivity index (χ1) is 7.65. The van der Waals surface area contributed by atoms with Gasteiger partial charge >= 0.3 is 0 Å². The Balaban J connectivity index is 2.23. The van der Waals surface area contributed by atoms with Gasteiger partial charge in [-0.1, -0.05) is 23.2 Å². The highest BCUT2D eigenvalue weighted by atomic mass is 35.5. The highest BCUT2D eigenvalue weighted by Gasteiger charge is 2.01. The van der Waals surface area contributed by atoms with Crippen LogP contribution in [0.25, 0.3) is 0 Å². The molecule has 0 fully saturated rings. The van der Waals surface area contributed by atoms with Crippen LogP contribution in [0.1, 0.15) is 5.56 Å². The summed E-state index contributed by atoms with van der Waals surface area (Å²) in [6.45, 7) is 1.96. The molecule has 0 unspecified atom stereocenters. The fraction of sp³-hybridized carbons (Fsp3) is 0.0769. The Bertz CT molecular complexity index is 492. The van der Waals surface area contributed by atoms with Crippen LogP contribution < -0.4 is 4.74 Å². The van der Waals surface area contributed by atoms with Crippen LogP contribution in [0.4, 0.5) is 0 Å². The van der Waals surface area contributed by atoms with Crippen LogP contribution in [0.5, 0.6) is 11.5 Å². The normalized spacial score (nSPS) is 10.2. The Morgan fingerprint density at radius 2 is 1.50 bits per heavy atom. The average Bonchev–Trinajstić information content (AvgIpc) is 2.25. The molecular formula is C13H10Cl2O. The van der Waals surface area contributed by atoms with Gasteiger partial charge in [-0.05, 0) is 55.0 Å². The third-order valence-corrected chi connectivity index (χ3v) is 2.67. The molecule has 82 valence electrons. The van der Waals surface area contributed by atoms with E-state index in [9.17, 15) is 0 Å². The summed E-state index contributed by atoms with van der Waals surface area (Å²) in [5, 5.41) is 1.40. The molecule has 0 aromatic heterocycles. The Morgan fingerprint density at radius 1 is 0.875 bits per heavy atom. The van der Waals surface area contributed by atoms with E-state index in [0.29, 0.717) is 10.0 Å². The lowest BCUT2D eigenvalue weighted by molar-refractivity contribution is 0.479. The highest BCUT2D eigenvalue weighted by Crippen LogP contribution is 2.27. The van der Waals surface area contributed by atoms with Gasteiger partial charge in [0.2, 0.25) is 0 Å². The summed E-state index contributed by atoms with van der Waals surface area (Å²) >= 11 is 11.7. The molecule has 0 bridgehead atoms. The minimum absolute atomic E-state index is 0.695. The average molecular weight is 253 g/mol. The SMILES string of the molecule is Cc1cc(Cl)ccc1Oc1ccc(Cl)cc1. The van der Waals surface area contributed by atoms with E-state index in [1.807, 2.05) is 31.2 Å². The van der Waals surface area contributed by atoms with Gasteiger partial charge in [0, 0.05) is 10.0 Å². The first-order valence-corrected chi connectivity index (χ1v) is 5.60. The molecule has 2 rings (SSSR count). The smallest absolute Gasteiger partial charge is 0.130 e. The largest absolute Gasteiger partial charge is 0.457 e. The van der Waals surface area contributed by atoms with Crippen LogP contribution in [0.2, 0.25) is 10.0 Å². The first kappa shape index (κ1) is 11.3. The number of aryl methyl sites for hydroxylation is 1. The van der Waals surface area contributed by atoms with Crippen molar-refractivity contribution in [1.29, 1.82) is 0 Å². The van der Waals surface area contributed by atoms with Gasteiger partial charge < -0.3 is 4.74 Å². The lowest BCUT2D eigenvalue weighted by Crippen LogP contribution is -1.86. The number of halogens is 2. The van der Waals surface area contributed by atoms with Gasteiger partial charge in [0.15, 0.2) is 0 Å². The van der Waals surface area contributed by atoms with Crippen LogP contribution in [0.3, 0.4) is 0 Å². The molecule has 0 aliphatic heterocycles. The molecule has 0 N–H and O–H groups in total. The molecule has 0 saturated heterocycles. The van der Waals surface area contributed by atoms with Crippen molar-refractivity contribution in [2.75, 3.05) is 0 Å². The second kappa shape index (κ2) is 4.77. The lowest BCUT2D eigenvalue weighted by Gasteiger charge is -2.08. The molecule has 1 nitrogen and oxygen atoms in total. The molecule has 0 atom stereocenters. The zero-order valence-electron chi connectivity index (χ0n) is 8.71. The minimum atomic E-state index is 0.695. The molecule has 2 aromatic carbocycles. The molecule has 0 aliphatic carbocycles. The first-order valence-electron chi connectivity index (χ1n) is 4.85. The van der Waals surface area contributed by atoms with E-state index in [0.717, 1.165) is 17.1 Å². The van der Waals surface area contributed by atoms with Gasteiger partial charge in [0.25, 0.3) is 0 Å². The second-order valence-electron chi connectivity index (χ2n) is 3.47. The van der Waals surface area contributed by atoms with Gasteiger partial charge in [-0.25, -0.2) is 0 Å². The van der Waals surface area contributed by atoms with Crippen LogP contribution in [-0.4, -0.2) is 0 Å². The predicted octanol–water partition coefficient (Wildman–Crippen LogP) is 5.09. The van der Waals surface area contributed by atoms with Crippen molar-refractivity contribution in [2.45, 2.75) is 6.92 Å². The molecule has 3 heteroatoms. The standard InChI is InChI=1S/C13H10Cl2O/c1-9-8-11(15)4-7-13(9)16-12-5-2-10(14)3-6-12/h2-8H,1H3. The topological polar surface area (TPSA) is 9.23 Å². The van der Waals surface area contributed by atoms with Crippen molar-refractivity contribution in [2.24, 2.45) is 0 Å². The molecule has 0 spiro atoms. The zero-order valence-corrected chi connectivity index (χ0v) is 10.2. The molecule has 0 saturated carbocycles. The van der Waals surface area contributed by atoms with Crippen molar-refractivity contribution in [1.82, 2.24) is 0 Å². The van der Waals surface area contributed by atoms with Crippen LogP contribution in [0, 0.1) is 6.92 Å². The van der Waals surface area contributed by atoms with E-state index in [2.05, 4.69) is 0 Å². The Morgan fingerprint density at radius 3 is 2.12 bits per heavy atom. The van der Waals surface area contributed by atoms with Gasteiger partial charge in [-0.15, -0.1) is 0 Å². The predicted molar refractivity (Wildman–Crippen MR) is 67.7 cm³/mol. The van der Waals surface area contributed by atoms with Gasteiger partial charge in [-0.3, -0.25) is 0 Å². The quantitative estimate of drug-likeness (QED) is 0.723. The van der Waals surface area contributed by atoms with Crippen LogP contribution in [-0.2, 0) is 0 Å². The van der Waals surface area contributed by atoms with E-state index >= 15 is 0 Å². The van der Waals surface area contributed by atoms with E-state index < -0.39 is 0 Å². The van der Waals surface area contributed by atoms with E-state index in [1.165, 1.54) is 0 Å². The summed E-state index contributed by atoms with van der Waals surface area (Å²) in [7, 11) is 0. The fourth-order valence-corrected chi connectivity index (χ4v) is 1.71. The van der Waals surface area contributed by atoms with Crippen molar-refractivity contribution in [3.63, 3.8) is 0 Å². The summed E-state index contributed by atoms with van der Waals surface area (Å²) in [6, 6.07) is 12.8. The van der Waals surface area contributed by atoms with Gasteiger partial charge in [0.1, 0.15) is 11.5 Å². The van der Waals surface area contributed by atoms with Crippen LogP contribution >= 0.6 is 23.2 Å². The summed E-state index contributed by atoms with van der Waals surface area (Å²) < 4.78 is 5.70. The molecule has 0 heterocycles. The summed E-state index contributed by atoms with van der Waals surface area (Å²) in [4.78, 5) is 0. The van der Waals surface area contributed by atoms with Crippen molar-refractivity contribution < 1.29 is 4.74 Å². The third-order valence-electron chi connectivity index (χ3n) is 2.18. The summed E-state index contributed by atoms with van der Waals surface area (Å²) in [6.07, 6.45) is 0. The Kier molecular flexibility index (Phi) is 3.37. The van der Waals surface area contributed by atoms with Crippen molar-refractivity contribution in [3.05, 3.63) is 58.1 Å². The van der Waals surface area contributed by atoms with E-state index in [-0.39, 0.29) is 0 Å². The molecule has 0 amide bonds. The fourth-order valence-electron chi connectivity index (χ4n) is 1.36. The number of rotatable bonds is 2. The summed E-state index contributed by atoms with van der Waals surface area (Å²) in [5.41, 5.74) is 1.00. The number of ether oxygens (including phenoxy) is 1. The molecule has 0 aliphatic rings. The third kappa shape index (κ3) is 2.69.